The Kier molecular flexibility index (Phi) is 4.81. The highest BCUT2D eigenvalue weighted by atomic mass is 15.1. The normalized spacial score (nSPS) is 17.6. The number of benzene rings is 1. The van der Waals surface area contributed by atoms with Crippen molar-refractivity contribution in [1.29, 1.82) is 0 Å². The molecule has 1 aromatic rings. The minimum Gasteiger partial charge on any atom is -0.303 e. The number of hydrogen-bond acceptors (Lipinski definition) is 1. The molecule has 0 atom stereocenters. The molecule has 1 nitrogen and oxygen atoms in total. The Morgan fingerprint density at radius 1 is 1.12 bits per heavy atom. The van der Waals surface area contributed by atoms with Crippen LogP contribution in [0.5, 0.6) is 0 Å². The van der Waals surface area contributed by atoms with Gasteiger partial charge in [-0.25, -0.2) is 0 Å². The van der Waals surface area contributed by atoms with Crippen molar-refractivity contribution in [2.24, 2.45) is 0 Å². The van der Waals surface area contributed by atoms with Crippen LogP contribution in [0.2, 0.25) is 0 Å². The van der Waals surface area contributed by atoms with E-state index in [1.54, 1.807) is 0 Å². The van der Waals surface area contributed by atoms with Crippen molar-refractivity contribution in [3.8, 4) is 0 Å². The second-order valence-corrected chi connectivity index (χ2v) is 4.96. The zero-order chi connectivity index (χ0) is 11.9. The Morgan fingerprint density at radius 3 is 2.59 bits per heavy atom. The van der Waals surface area contributed by atoms with Gasteiger partial charge in [-0.1, -0.05) is 49.8 Å². The number of likely N-dealkylation sites (tertiary alicyclic amines) is 1. The molecular weight excluding hydrogens is 206 g/mol. The second kappa shape index (κ2) is 6.61. The summed E-state index contributed by atoms with van der Waals surface area (Å²) in [7, 11) is 0. The van der Waals surface area contributed by atoms with Crippen LogP contribution in [-0.4, -0.2) is 24.5 Å². The van der Waals surface area contributed by atoms with E-state index in [0.29, 0.717) is 0 Å². The van der Waals surface area contributed by atoms with Gasteiger partial charge in [0.2, 0.25) is 0 Å². The summed E-state index contributed by atoms with van der Waals surface area (Å²) in [4.78, 5) is 2.62. The summed E-state index contributed by atoms with van der Waals surface area (Å²) in [6.07, 6.45) is 8.70. The highest BCUT2D eigenvalue weighted by Crippen LogP contribution is 2.12. The summed E-state index contributed by atoms with van der Waals surface area (Å²) in [6, 6.07) is 8.73. The smallest absolute Gasteiger partial charge is 0.00218 e. The first kappa shape index (κ1) is 12.4. The monoisotopic (exact) mass is 229 g/mol. The Balaban J connectivity index is 1.85. The molecule has 1 aromatic carbocycles. The first-order valence-corrected chi connectivity index (χ1v) is 6.82. The molecule has 0 N–H and O–H groups in total. The van der Waals surface area contributed by atoms with Crippen LogP contribution in [0.3, 0.4) is 0 Å². The summed E-state index contributed by atoms with van der Waals surface area (Å²) < 4.78 is 0. The third kappa shape index (κ3) is 4.01. The van der Waals surface area contributed by atoms with Gasteiger partial charge >= 0.3 is 0 Å². The lowest BCUT2D eigenvalue weighted by Crippen LogP contribution is -2.26. The molecule has 1 aliphatic rings. The summed E-state index contributed by atoms with van der Waals surface area (Å²) in [5.74, 6) is 0. The lowest BCUT2D eigenvalue weighted by Gasteiger charge is -2.19. The van der Waals surface area contributed by atoms with Gasteiger partial charge in [0.1, 0.15) is 0 Å². The van der Waals surface area contributed by atoms with E-state index < -0.39 is 0 Å². The van der Waals surface area contributed by atoms with Gasteiger partial charge in [0.05, 0.1) is 0 Å². The van der Waals surface area contributed by atoms with Gasteiger partial charge < -0.3 is 4.90 Å². The Morgan fingerprint density at radius 2 is 1.88 bits per heavy atom. The Hall–Kier alpha value is -1.08. The van der Waals surface area contributed by atoms with E-state index in [0.717, 1.165) is 0 Å². The predicted molar refractivity (Wildman–Crippen MR) is 75.1 cm³/mol. The largest absolute Gasteiger partial charge is 0.303 e. The molecule has 1 heterocycles. The van der Waals surface area contributed by atoms with Gasteiger partial charge in [-0.05, 0) is 43.5 Å². The van der Waals surface area contributed by atoms with Crippen LogP contribution >= 0.6 is 0 Å². The van der Waals surface area contributed by atoms with E-state index in [9.17, 15) is 0 Å². The summed E-state index contributed by atoms with van der Waals surface area (Å²) in [5.41, 5.74) is 2.67. The zero-order valence-corrected chi connectivity index (χ0v) is 10.7. The van der Waals surface area contributed by atoms with E-state index in [1.807, 2.05) is 6.08 Å². The standard InChI is InChI=1S/C16H23N/c1-2-15-8-7-9-16(14-15)10-13-17-11-5-3-4-6-12-17/h2,7-9,14H,1,3-6,10-13H2. The SMILES string of the molecule is C=Cc1cccc(CCN2CCCCCC2)c1. The molecular formula is C16H23N. The van der Waals surface area contributed by atoms with Gasteiger partial charge in [-0.2, -0.15) is 0 Å². The van der Waals surface area contributed by atoms with Gasteiger partial charge in [-0.15, -0.1) is 0 Å². The van der Waals surface area contributed by atoms with Crippen molar-refractivity contribution >= 4 is 6.08 Å². The minimum absolute atomic E-state index is 1.17. The van der Waals surface area contributed by atoms with Crippen LogP contribution in [-0.2, 0) is 6.42 Å². The molecule has 1 aliphatic heterocycles. The van der Waals surface area contributed by atoms with Crippen molar-refractivity contribution in [2.45, 2.75) is 32.1 Å². The van der Waals surface area contributed by atoms with Crippen molar-refractivity contribution < 1.29 is 0 Å². The first-order valence-electron chi connectivity index (χ1n) is 6.82. The third-order valence-electron chi connectivity index (χ3n) is 3.60. The van der Waals surface area contributed by atoms with Gasteiger partial charge in [0.15, 0.2) is 0 Å². The van der Waals surface area contributed by atoms with Crippen LogP contribution in [0.15, 0.2) is 30.8 Å². The highest BCUT2D eigenvalue weighted by molar-refractivity contribution is 5.47. The lowest BCUT2D eigenvalue weighted by molar-refractivity contribution is 0.289. The maximum atomic E-state index is 3.82. The molecule has 1 fully saturated rings. The molecule has 2 rings (SSSR count). The molecule has 0 aliphatic carbocycles. The van der Waals surface area contributed by atoms with Gasteiger partial charge in [-0.3, -0.25) is 0 Å². The molecule has 17 heavy (non-hydrogen) atoms. The van der Waals surface area contributed by atoms with Crippen LogP contribution in [0.4, 0.5) is 0 Å². The Bertz CT molecular complexity index is 348. The maximum absolute atomic E-state index is 3.82. The molecule has 92 valence electrons. The molecule has 0 bridgehead atoms. The van der Waals surface area contributed by atoms with Crippen molar-refractivity contribution in [1.82, 2.24) is 4.90 Å². The van der Waals surface area contributed by atoms with E-state index >= 15 is 0 Å². The summed E-state index contributed by atoms with van der Waals surface area (Å²) in [6.45, 7) is 7.62. The Labute approximate surface area is 105 Å². The van der Waals surface area contributed by atoms with Crippen molar-refractivity contribution in [3.63, 3.8) is 0 Å². The van der Waals surface area contributed by atoms with Crippen molar-refractivity contribution in [3.05, 3.63) is 42.0 Å². The number of nitrogens with zero attached hydrogens (tertiary/aromatic N) is 1. The number of rotatable bonds is 4. The van der Waals surface area contributed by atoms with Crippen molar-refractivity contribution in [2.75, 3.05) is 19.6 Å². The van der Waals surface area contributed by atoms with E-state index in [2.05, 4.69) is 35.7 Å². The molecule has 0 saturated carbocycles. The molecule has 1 heteroatoms. The molecule has 0 unspecified atom stereocenters. The molecule has 0 spiro atoms. The second-order valence-electron chi connectivity index (χ2n) is 4.96. The number of hydrogen-bond donors (Lipinski definition) is 0. The fourth-order valence-electron chi connectivity index (χ4n) is 2.52. The van der Waals surface area contributed by atoms with Gasteiger partial charge in [0, 0.05) is 6.54 Å². The topological polar surface area (TPSA) is 3.24 Å². The summed E-state index contributed by atoms with van der Waals surface area (Å²) in [5, 5.41) is 0. The van der Waals surface area contributed by atoms with E-state index in [1.165, 1.54) is 62.9 Å². The molecule has 0 aromatic heterocycles. The quantitative estimate of drug-likeness (QED) is 0.760. The molecule has 0 amide bonds. The summed E-state index contributed by atoms with van der Waals surface area (Å²) >= 11 is 0. The average Bonchev–Trinajstić information content (AvgIpc) is 2.65. The molecule has 0 radical (unpaired) electrons. The molecule has 1 saturated heterocycles. The lowest BCUT2D eigenvalue weighted by atomic mass is 10.1. The van der Waals surface area contributed by atoms with Crippen LogP contribution < -0.4 is 0 Å². The third-order valence-corrected chi connectivity index (χ3v) is 3.60. The van der Waals surface area contributed by atoms with E-state index in [-0.39, 0.29) is 0 Å². The van der Waals surface area contributed by atoms with E-state index in [4.69, 9.17) is 0 Å². The van der Waals surface area contributed by atoms with Gasteiger partial charge in [0.25, 0.3) is 0 Å². The van der Waals surface area contributed by atoms with Crippen LogP contribution in [0.1, 0.15) is 36.8 Å². The maximum Gasteiger partial charge on any atom is 0.00218 e. The highest BCUT2D eigenvalue weighted by Gasteiger charge is 2.08. The fraction of sp³-hybridized carbons (Fsp3) is 0.500. The first-order chi connectivity index (χ1) is 8.38. The van der Waals surface area contributed by atoms with Crippen LogP contribution in [0, 0.1) is 0 Å². The van der Waals surface area contributed by atoms with Crippen LogP contribution in [0.25, 0.3) is 6.08 Å². The average molecular weight is 229 g/mol. The zero-order valence-electron chi connectivity index (χ0n) is 10.7. The fourth-order valence-corrected chi connectivity index (χ4v) is 2.52. The minimum atomic E-state index is 1.17. The predicted octanol–water partition coefficient (Wildman–Crippen LogP) is 3.75.